The molecule has 0 aliphatic heterocycles. The van der Waals surface area contributed by atoms with E-state index < -0.39 is 12.0 Å². The van der Waals surface area contributed by atoms with Crippen molar-refractivity contribution in [1.29, 1.82) is 0 Å². The highest BCUT2D eigenvalue weighted by Gasteiger charge is 2.18. The lowest BCUT2D eigenvalue weighted by atomic mass is 10.1. The van der Waals surface area contributed by atoms with E-state index in [1.807, 2.05) is 26.0 Å². The number of carboxylic acids is 1. The molecule has 0 radical (unpaired) electrons. The Balaban J connectivity index is 2.61. The number of amides is 1. The third kappa shape index (κ3) is 5.53. The summed E-state index contributed by atoms with van der Waals surface area (Å²) in [6.07, 6.45) is -0.139. The van der Waals surface area contributed by atoms with Crippen LogP contribution >= 0.6 is 0 Å². The van der Waals surface area contributed by atoms with Gasteiger partial charge in [-0.05, 0) is 31.0 Å². The number of methoxy groups -OCH3 is 1. The van der Waals surface area contributed by atoms with Crippen molar-refractivity contribution in [2.24, 2.45) is 0 Å². The Morgan fingerprint density at radius 3 is 2.71 bits per heavy atom. The molecule has 0 aliphatic carbocycles. The molecular formula is C15H22N2O4. The van der Waals surface area contributed by atoms with Gasteiger partial charge in [0.25, 0.3) is 0 Å². The molecule has 1 aromatic rings. The lowest BCUT2D eigenvalue weighted by Crippen LogP contribution is -2.94. The summed E-state index contributed by atoms with van der Waals surface area (Å²) in [5.41, 5.74) is 2.74. The molecule has 0 fully saturated rings. The van der Waals surface area contributed by atoms with Gasteiger partial charge in [-0.25, -0.2) is 0 Å². The summed E-state index contributed by atoms with van der Waals surface area (Å²) in [5.74, 6) is -1.59. The summed E-state index contributed by atoms with van der Waals surface area (Å²) < 4.78 is 4.86. The SMILES string of the molecule is COCC[NH2+][C@@H](CC(=O)Nc1cccc(C)c1C)C(=O)[O-]. The smallest absolute Gasteiger partial charge is 0.230 e. The molecule has 0 aliphatic rings. The molecule has 1 atom stereocenters. The van der Waals surface area contributed by atoms with Crippen LogP contribution < -0.4 is 15.7 Å². The van der Waals surface area contributed by atoms with Gasteiger partial charge in [0.1, 0.15) is 6.04 Å². The summed E-state index contributed by atoms with van der Waals surface area (Å²) in [5, 5.41) is 15.3. The van der Waals surface area contributed by atoms with E-state index in [9.17, 15) is 14.7 Å². The first-order chi connectivity index (χ1) is 9.95. The van der Waals surface area contributed by atoms with Gasteiger partial charge in [-0.2, -0.15) is 0 Å². The van der Waals surface area contributed by atoms with Crippen molar-refractivity contribution in [1.82, 2.24) is 0 Å². The first-order valence-corrected chi connectivity index (χ1v) is 6.85. The van der Waals surface area contributed by atoms with Crippen LogP contribution in [-0.2, 0) is 14.3 Å². The molecule has 0 heterocycles. The van der Waals surface area contributed by atoms with E-state index in [1.165, 1.54) is 7.11 Å². The van der Waals surface area contributed by atoms with Gasteiger partial charge < -0.3 is 25.3 Å². The Morgan fingerprint density at radius 1 is 1.38 bits per heavy atom. The van der Waals surface area contributed by atoms with Crippen LogP contribution in [0.5, 0.6) is 0 Å². The fourth-order valence-corrected chi connectivity index (χ4v) is 1.94. The van der Waals surface area contributed by atoms with Gasteiger partial charge in [-0.3, -0.25) is 4.79 Å². The van der Waals surface area contributed by atoms with Gasteiger partial charge in [0.15, 0.2) is 0 Å². The van der Waals surface area contributed by atoms with E-state index in [2.05, 4.69) is 5.32 Å². The normalized spacial score (nSPS) is 12.0. The van der Waals surface area contributed by atoms with Crippen molar-refractivity contribution < 1.29 is 24.7 Å². The molecule has 21 heavy (non-hydrogen) atoms. The summed E-state index contributed by atoms with van der Waals surface area (Å²) in [6.45, 7) is 4.74. The molecule has 1 rings (SSSR count). The van der Waals surface area contributed by atoms with E-state index in [1.54, 1.807) is 11.4 Å². The van der Waals surface area contributed by atoms with E-state index in [-0.39, 0.29) is 12.3 Å². The summed E-state index contributed by atoms with van der Waals surface area (Å²) in [6, 6.07) is 4.68. The van der Waals surface area contributed by atoms with Crippen LogP contribution in [0, 0.1) is 13.8 Å². The zero-order valence-electron chi connectivity index (χ0n) is 12.6. The van der Waals surface area contributed by atoms with Gasteiger partial charge in [0.05, 0.1) is 25.5 Å². The molecule has 6 heteroatoms. The number of carbonyl (C=O) groups is 2. The summed E-state index contributed by atoms with van der Waals surface area (Å²) in [4.78, 5) is 23.0. The largest absolute Gasteiger partial charge is 0.544 e. The van der Waals surface area contributed by atoms with Gasteiger partial charge in [0.2, 0.25) is 5.91 Å². The first-order valence-electron chi connectivity index (χ1n) is 6.85. The number of hydrogen-bond acceptors (Lipinski definition) is 4. The Bertz CT molecular complexity index is 502. The lowest BCUT2D eigenvalue weighted by molar-refractivity contribution is -0.683. The number of hydrogen-bond donors (Lipinski definition) is 2. The molecule has 3 N–H and O–H groups in total. The van der Waals surface area contributed by atoms with Crippen molar-refractivity contribution in [3.05, 3.63) is 29.3 Å². The second-order valence-corrected chi connectivity index (χ2v) is 4.94. The molecule has 6 nitrogen and oxygen atoms in total. The van der Waals surface area contributed by atoms with Crippen molar-refractivity contribution in [3.8, 4) is 0 Å². The van der Waals surface area contributed by atoms with Crippen molar-refractivity contribution in [2.75, 3.05) is 25.6 Å². The number of ether oxygens (including phenoxy) is 1. The third-order valence-corrected chi connectivity index (χ3v) is 3.36. The van der Waals surface area contributed by atoms with Crippen LogP contribution in [0.1, 0.15) is 17.5 Å². The van der Waals surface area contributed by atoms with Crippen LogP contribution in [-0.4, -0.2) is 38.2 Å². The molecule has 0 bridgehead atoms. The molecule has 0 unspecified atom stereocenters. The molecule has 1 aromatic carbocycles. The quantitative estimate of drug-likeness (QED) is 0.599. The zero-order chi connectivity index (χ0) is 15.8. The number of nitrogens with one attached hydrogen (secondary N) is 1. The Hall–Kier alpha value is -1.92. The fourth-order valence-electron chi connectivity index (χ4n) is 1.94. The van der Waals surface area contributed by atoms with Crippen LogP contribution in [0.2, 0.25) is 0 Å². The number of benzene rings is 1. The highest BCUT2D eigenvalue weighted by molar-refractivity contribution is 5.94. The highest BCUT2D eigenvalue weighted by Crippen LogP contribution is 2.18. The minimum atomic E-state index is -1.25. The number of aliphatic carboxylic acids is 1. The summed E-state index contributed by atoms with van der Waals surface area (Å²) >= 11 is 0. The molecular weight excluding hydrogens is 272 g/mol. The number of rotatable bonds is 8. The highest BCUT2D eigenvalue weighted by atomic mass is 16.5. The number of quaternary nitrogens is 1. The standard InChI is InChI=1S/C15H22N2O4/c1-10-5-4-6-12(11(10)2)17-14(18)9-13(15(19)20)16-7-8-21-3/h4-6,13,16H,7-9H2,1-3H3,(H,17,18)(H,19,20)/t13-/m0/s1. The molecule has 0 saturated carbocycles. The molecule has 0 spiro atoms. The van der Waals surface area contributed by atoms with Crippen LogP contribution in [0.15, 0.2) is 18.2 Å². The van der Waals surface area contributed by atoms with Crippen molar-refractivity contribution >= 4 is 17.6 Å². The Labute approximate surface area is 124 Å². The summed E-state index contributed by atoms with van der Waals surface area (Å²) in [7, 11) is 1.54. The van der Waals surface area contributed by atoms with E-state index in [0.29, 0.717) is 18.8 Å². The predicted molar refractivity (Wildman–Crippen MR) is 76.6 cm³/mol. The van der Waals surface area contributed by atoms with Gasteiger partial charge >= 0.3 is 0 Å². The van der Waals surface area contributed by atoms with E-state index in [4.69, 9.17) is 4.74 Å². The fraction of sp³-hybridized carbons (Fsp3) is 0.467. The van der Waals surface area contributed by atoms with Crippen LogP contribution in [0.25, 0.3) is 0 Å². The minimum Gasteiger partial charge on any atom is -0.544 e. The van der Waals surface area contributed by atoms with Gasteiger partial charge in [-0.15, -0.1) is 0 Å². The average Bonchev–Trinajstić information content (AvgIpc) is 2.43. The van der Waals surface area contributed by atoms with Crippen molar-refractivity contribution in [2.45, 2.75) is 26.3 Å². The second kappa shape index (κ2) is 8.39. The maximum Gasteiger partial charge on any atom is 0.230 e. The molecule has 0 saturated heterocycles. The Morgan fingerprint density at radius 2 is 2.10 bits per heavy atom. The predicted octanol–water partition coefficient (Wildman–Crippen LogP) is -1.04. The minimum absolute atomic E-state index is 0.139. The second-order valence-electron chi connectivity index (χ2n) is 4.94. The molecule has 116 valence electrons. The number of carbonyl (C=O) groups excluding carboxylic acids is 2. The number of carboxylic acid groups (broad SMARTS) is 1. The zero-order valence-corrected chi connectivity index (χ0v) is 12.6. The number of anilines is 1. The first kappa shape index (κ1) is 17.1. The van der Waals surface area contributed by atoms with Gasteiger partial charge in [0, 0.05) is 12.8 Å². The maximum absolute atomic E-state index is 12.0. The monoisotopic (exact) mass is 294 g/mol. The maximum atomic E-state index is 12.0. The van der Waals surface area contributed by atoms with E-state index in [0.717, 1.165) is 11.1 Å². The number of aryl methyl sites for hydroxylation is 1. The van der Waals surface area contributed by atoms with Crippen LogP contribution in [0.4, 0.5) is 5.69 Å². The Kier molecular flexibility index (Phi) is 6.84. The number of nitrogens with two attached hydrogens (primary N) is 1. The van der Waals surface area contributed by atoms with Crippen molar-refractivity contribution in [3.63, 3.8) is 0 Å². The van der Waals surface area contributed by atoms with Crippen LogP contribution in [0.3, 0.4) is 0 Å². The molecule has 1 amide bonds. The average molecular weight is 294 g/mol. The van der Waals surface area contributed by atoms with E-state index >= 15 is 0 Å². The lowest BCUT2D eigenvalue weighted by Gasteiger charge is -2.17. The molecule has 0 aromatic heterocycles. The third-order valence-electron chi connectivity index (χ3n) is 3.36. The topological polar surface area (TPSA) is 95.1 Å². The van der Waals surface area contributed by atoms with Gasteiger partial charge in [-0.1, -0.05) is 12.1 Å².